The Morgan fingerprint density at radius 3 is 2.57 bits per heavy atom. The summed E-state index contributed by atoms with van der Waals surface area (Å²) in [5, 5.41) is 5.84. The molecule has 0 aliphatic carbocycles. The zero-order chi connectivity index (χ0) is 16.4. The van der Waals surface area contributed by atoms with Crippen molar-refractivity contribution in [1.82, 2.24) is 15.5 Å². The molecule has 2 heterocycles. The molecule has 3 amide bonds. The van der Waals surface area contributed by atoms with Gasteiger partial charge in [0.15, 0.2) is 0 Å². The van der Waals surface area contributed by atoms with E-state index in [1.54, 1.807) is 24.3 Å². The zero-order valence-electron chi connectivity index (χ0n) is 12.9. The van der Waals surface area contributed by atoms with Crippen LogP contribution in [-0.4, -0.2) is 61.0 Å². The Labute approximate surface area is 134 Å². The highest BCUT2D eigenvalue weighted by Crippen LogP contribution is 2.21. The summed E-state index contributed by atoms with van der Waals surface area (Å²) in [4.78, 5) is 37.7. The highest BCUT2D eigenvalue weighted by molar-refractivity contribution is 6.21. The second kappa shape index (κ2) is 6.47. The fourth-order valence-electron chi connectivity index (χ4n) is 2.87. The molecule has 1 aromatic carbocycles. The van der Waals surface area contributed by atoms with Crippen molar-refractivity contribution in [3.63, 3.8) is 0 Å². The molecule has 0 saturated carbocycles. The maximum atomic E-state index is 12.2. The first-order valence-electron chi connectivity index (χ1n) is 7.67. The van der Waals surface area contributed by atoms with Crippen molar-refractivity contribution in [3.8, 4) is 0 Å². The number of morpholine rings is 1. The van der Waals surface area contributed by atoms with Crippen molar-refractivity contribution in [2.75, 3.05) is 26.2 Å². The molecule has 3 rings (SSSR count). The van der Waals surface area contributed by atoms with Crippen LogP contribution in [0.4, 0.5) is 0 Å². The molecule has 1 saturated heterocycles. The minimum Gasteiger partial charge on any atom is -0.375 e. The molecule has 1 fully saturated rings. The largest absolute Gasteiger partial charge is 0.375 e. The van der Waals surface area contributed by atoms with Gasteiger partial charge in [0.2, 0.25) is 5.91 Å². The van der Waals surface area contributed by atoms with Gasteiger partial charge in [0.05, 0.1) is 23.8 Å². The summed E-state index contributed by atoms with van der Waals surface area (Å²) in [6, 6.07) is 6.32. The van der Waals surface area contributed by atoms with Crippen LogP contribution in [0.15, 0.2) is 24.3 Å². The normalized spacial score (nSPS) is 23.8. The first kappa shape index (κ1) is 15.6. The number of hydrogen-bond acceptors (Lipinski definition) is 5. The standard InChI is InChI=1S/C16H19N3O4/c1-10-13(17-7-9-23-10)14(20)18-6-8-19-15(21)11-4-2-3-5-12(11)16(19)22/h2-5,10,13,17H,6-9H2,1H3,(H,18,20)/t10-,13+/m1/s1. The van der Waals surface area contributed by atoms with Gasteiger partial charge >= 0.3 is 0 Å². The fraction of sp³-hybridized carbons (Fsp3) is 0.438. The monoisotopic (exact) mass is 317 g/mol. The first-order chi connectivity index (χ1) is 11.1. The molecule has 0 aromatic heterocycles. The van der Waals surface area contributed by atoms with Crippen molar-refractivity contribution in [1.29, 1.82) is 0 Å². The fourth-order valence-corrected chi connectivity index (χ4v) is 2.87. The number of imide groups is 1. The molecule has 0 bridgehead atoms. The SMILES string of the molecule is C[C@H]1OCCN[C@@H]1C(=O)NCCN1C(=O)c2ccccc2C1=O. The summed E-state index contributed by atoms with van der Waals surface area (Å²) in [5.74, 6) is -0.812. The first-order valence-corrected chi connectivity index (χ1v) is 7.67. The number of amides is 3. The van der Waals surface area contributed by atoms with Crippen LogP contribution in [0.5, 0.6) is 0 Å². The summed E-state index contributed by atoms with van der Waals surface area (Å²) in [6.07, 6.45) is -0.206. The van der Waals surface area contributed by atoms with Gasteiger partial charge in [-0.15, -0.1) is 0 Å². The van der Waals surface area contributed by atoms with E-state index in [2.05, 4.69) is 10.6 Å². The quantitative estimate of drug-likeness (QED) is 0.750. The van der Waals surface area contributed by atoms with Crippen LogP contribution < -0.4 is 10.6 Å². The maximum absolute atomic E-state index is 12.2. The van der Waals surface area contributed by atoms with E-state index in [4.69, 9.17) is 4.74 Å². The third-order valence-corrected chi connectivity index (χ3v) is 4.11. The number of fused-ring (bicyclic) bond motifs is 1. The highest BCUT2D eigenvalue weighted by Gasteiger charge is 2.35. The second-order valence-electron chi connectivity index (χ2n) is 5.61. The third-order valence-electron chi connectivity index (χ3n) is 4.11. The van der Waals surface area contributed by atoms with Crippen LogP contribution in [0.3, 0.4) is 0 Å². The number of ether oxygens (including phenoxy) is 1. The molecule has 2 atom stereocenters. The summed E-state index contributed by atoms with van der Waals surface area (Å²) >= 11 is 0. The lowest BCUT2D eigenvalue weighted by atomic mass is 10.1. The molecule has 2 N–H and O–H groups in total. The van der Waals surface area contributed by atoms with E-state index in [1.807, 2.05) is 6.92 Å². The minimum absolute atomic E-state index is 0.153. The van der Waals surface area contributed by atoms with E-state index in [9.17, 15) is 14.4 Å². The molecule has 2 aliphatic rings. The van der Waals surface area contributed by atoms with Gasteiger partial charge in [-0.05, 0) is 19.1 Å². The topological polar surface area (TPSA) is 87.7 Å². The Kier molecular flexibility index (Phi) is 4.40. The molecule has 0 spiro atoms. The number of nitrogens with one attached hydrogen (secondary N) is 2. The van der Waals surface area contributed by atoms with E-state index in [0.717, 1.165) is 0 Å². The number of nitrogens with zero attached hydrogens (tertiary/aromatic N) is 1. The van der Waals surface area contributed by atoms with E-state index >= 15 is 0 Å². The number of carbonyl (C=O) groups is 3. The Morgan fingerprint density at radius 2 is 1.96 bits per heavy atom. The van der Waals surface area contributed by atoms with Gasteiger partial charge in [0.1, 0.15) is 6.04 Å². The van der Waals surface area contributed by atoms with Gasteiger partial charge in [0, 0.05) is 19.6 Å². The lowest BCUT2D eigenvalue weighted by Gasteiger charge is -2.29. The van der Waals surface area contributed by atoms with Crippen molar-refractivity contribution < 1.29 is 19.1 Å². The van der Waals surface area contributed by atoms with Crippen LogP contribution in [0, 0.1) is 0 Å². The average Bonchev–Trinajstić information content (AvgIpc) is 2.80. The van der Waals surface area contributed by atoms with Crippen molar-refractivity contribution in [2.24, 2.45) is 0 Å². The van der Waals surface area contributed by atoms with Crippen LogP contribution >= 0.6 is 0 Å². The lowest BCUT2D eigenvalue weighted by Crippen LogP contribution is -2.56. The van der Waals surface area contributed by atoms with E-state index in [-0.39, 0.29) is 36.9 Å². The van der Waals surface area contributed by atoms with E-state index in [0.29, 0.717) is 24.3 Å². The highest BCUT2D eigenvalue weighted by atomic mass is 16.5. The van der Waals surface area contributed by atoms with Crippen molar-refractivity contribution in [3.05, 3.63) is 35.4 Å². The van der Waals surface area contributed by atoms with Crippen LogP contribution in [0.2, 0.25) is 0 Å². The zero-order valence-corrected chi connectivity index (χ0v) is 12.9. The molecule has 122 valence electrons. The van der Waals surface area contributed by atoms with E-state index in [1.165, 1.54) is 4.90 Å². The predicted molar refractivity (Wildman–Crippen MR) is 82.0 cm³/mol. The van der Waals surface area contributed by atoms with E-state index < -0.39 is 6.04 Å². The second-order valence-corrected chi connectivity index (χ2v) is 5.61. The van der Waals surface area contributed by atoms with Crippen LogP contribution in [0.1, 0.15) is 27.6 Å². The van der Waals surface area contributed by atoms with Crippen molar-refractivity contribution >= 4 is 17.7 Å². The molecule has 0 unspecified atom stereocenters. The molecular weight excluding hydrogens is 298 g/mol. The van der Waals surface area contributed by atoms with Crippen LogP contribution in [-0.2, 0) is 9.53 Å². The lowest BCUT2D eigenvalue weighted by molar-refractivity contribution is -0.128. The molecule has 0 radical (unpaired) electrons. The molecule has 23 heavy (non-hydrogen) atoms. The van der Waals surface area contributed by atoms with Gasteiger partial charge in [0.25, 0.3) is 11.8 Å². The van der Waals surface area contributed by atoms with Crippen LogP contribution in [0.25, 0.3) is 0 Å². The summed E-state index contributed by atoms with van der Waals surface area (Å²) in [7, 11) is 0. The third kappa shape index (κ3) is 2.97. The van der Waals surface area contributed by atoms with Gasteiger partial charge in [-0.2, -0.15) is 0 Å². The molecule has 7 heteroatoms. The molecular formula is C16H19N3O4. The minimum atomic E-state index is -0.411. The smallest absolute Gasteiger partial charge is 0.261 e. The van der Waals surface area contributed by atoms with Gasteiger partial charge in [-0.3, -0.25) is 19.3 Å². The summed E-state index contributed by atoms with van der Waals surface area (Å²) in [5.41, 5.74) is 0.833. The van der Waals surface area contributed by atoms with Gasteiger partial charge in [-0.25, -0.2) is 0 Å². The molecule has 1 aromatic rings. The molecule has 2 aliphatic heterocycles. The summed E-state index contributed by atoms with van der Waals surface area (Å²) in [6.45, 7) is 3.41. The Balaban J connectivity index is 1.55. The van der Waals surface area contributed by atoms with Crippen molar-refractivity contribution in [2.45, 2.75) is 19.1 Å². The van der Waals surface area contributed by atoms with Gasteiger partial charge < -0.3 is 15.4 Å². The number of benzene rings is 1. The number of carbonyl (C=O) groups excluding carboxylic acids is 3. The Hall–Kier alpha value is -2.25. The number of hydrogen-bond donors (Lipinski definition) is 2. The number of rotatable bonds is 4. The average molecular weight is 317 g/mol. The molecule has 7 nitrogen and oxygen atoms in total. The summed E-state index contributed by atoms with van der Waals surface area (Å²) < 4.78 is 5.43. The van der Waals surface area contributed by atoms with Gasteiger partial charge in [-0.1, -0.05) is 12.1 Å². The predicted octanol–water partition coefficient (Wildman–Crippen LogP) is -0.224. The Bertz CT molecular complexity index is 611. The Morgan fingerprint density at radius 1 is 1.30 bits per heavy atom. The maximum Gasteiger partial charge on any atom is 0.261 e.